The third-order valence-electron chi connectivity index (χ3n) is 13.0. The van der Waals surface area contributed by atoms with Gasteiger partial charge < -0.3 is 0 Å². The Morgan fingerprint density at radius 3 is 0.984 bits per heavy atom. The Morgan fingerprint density at radius 1 is 0.141 bits per heavy atom. The maximum Gasteiger partial charge on any atom is -0.00259 e. The summed E-state index contributed by atoms with van der Waals surface area (Å²) in [5, 5.41) is 9.92. The summed E-state index contributed by atoms with van der Waals surface area (Å²) in [6.07, 6.45) is 0. The summed E-state index contributed by atoms with van der Waals surface area (Å²) in [6, 6.07) is 93.9. The van der Waals surface area contributed by atoms with Crippen LogP contribution in [0.1, 0.15) is 0 Å². The van der Waals surface area contributed by atoms with Gasteiger partial charge in [0, 0.05) is 0 Å². The summed E-state index contributed by atoms with van der Waals surface area (Å²) in [4.78, 5) is 0. The molecule has 0 N–H and O–H groups in total. The second kappa shape index (κ2) is 15.9. The van der Waals surface area contributed by atoms with E-state index in [1.165, 1.54) is 121 Å². The molecule has 0 aliphatic heterocycles. The van der Waals surface area contributed by atoms with Crippen molar-refractivity contribution in [1.82, 2.24) is 0 Å². The predicted molar refractivity (Wildman–Crippen MR) is 275 cm³/mol. The lowest BCUT2D eigenvalue weighted by molar-refractivity contribution is 1.57. The Kier molecular flexibility index (Phi) is 9.28. The Morgan fingerprint density at radius 2 is 0.469 bits per heavy atom. The van der Waals surface area contributed by atoms with Gasteiger partial charge in [-0.2, -0.15) is 0 Å². The lowest BCUT2D eigenvalue weighted by atomic mass is 9.83. The van der Waals surface area contributed by atoms with Crippen molar-refractivity contribution in [2.75, 3.05) is 0 Å². The third-order valence-corrected chi connectivity index (χ3v) is 13.0. The van der Waals surface area contributed by atoms with E-state index in [1.54, 1.807) is 0 Å². The van der Waals surface area contributed by atoms with Crippen LogP contribution in [0, 0.1) is 0 Å². The van der Waals surface area contributed by atoms with Gasteiger partial charge >= 0.3 is 0 Å². The molecule has 12 rings (SSSR count). The average molecular weight is 811 g/mol. The van der Waals surface area contributed by atoms with E-state index < -0.39 is 0 Å². The molecule has 0 nitrogen and oxygen atoms in total. The van der Waals surface area contributed by atoms with Crippen LogP contribution in [0.3, 0.4) is 0 Å². The van der Waals surface area contributed by atoms with Crippen LogP contribution >= 0.6 is 0 Å². The number of fused-ring (bicyclic) bond motifs is 4. The largest absolute Gasteiger partial charge is 0.0622 e. The van der Waals surface area contributed by atoms with Gasteiger partial charge in [0.1, 0.15) is 0 Å². The normalized spacial score (nSPS) is 11.4. The Bertz CT molecular complexity index is 3650. The lowest BCUT2D eigenvalue weighted by Gasteiger charge is -2.20. The zero-order valence-corrected chi connectivity index (χ0v) is 35.2. The van der Waals surface area contributed by atoms with Crippen molar-refractivity contribution in [3.8, 4) is 77.9 Å². The fraction of sp³-hybridized carbons (Fsp3) is 0. The fourth-order valence-electron chi connectivity index (χ4n) is 9.82. The van der Waals surface area contributed by atoms with Crippen molar-refractivity contribution < 1.29 is 0 Å². The van der Waals surface area contributed by atoms with Gasteiger partial charge in [-0.25, -0.2) is 0 Å². The molecule has 0 spiro atoms. The molecule has 0 aliphatic rings. The number of rotatable bonds is 7. The minimum Gasteiger partial charge on any atom is -0.0622 e. The molecular formula is C64H42. The van der Waals surface area contributed by atoms with E-state index in [-0.39, 0.29) is 0 Å². The smallest absolute Gasteiger partial charge is 0.00259 e. The quantitative estimate of drug-likeness (QED) is 0.141. The van der Waals surface area contributed by atoms with Crippen LogP contribution in [0.5, 0.6) is 0 Å². The second-order valence-corrected chi connectivity index (χ2v) is 16.9. The van der Waals surface area contributed by atoms with E-state index in [9.17, 15) is 0 Å². The first-order valence-corrected chi connectivity index (χ1v) is 22.1. The first kappa shape index (κ1) is 37.4. The molecular weight excluding hydrogens is 769 g/mol. The molecule has 0 fully saturated rings. The van der Waals surface area contributed by atoms with Crippen LogP contribution in [0.15, 0.2) is 255 Å². The standard InChI is InChI=1S/C64H42/c1-3-15-43(16-4-1)56-39-57(44-17-5-2-6-18-44)41-58(40-56)53-33-34-61-62(42-53)64(55-26-14-24-50(38-55)52-32-30-46-20-8-10-22-48(46)36-52)60-28-12-11-27-59(60)63(61)54-25-13-23-49(37-54)51-31-29-45-19-7-9-21-47(45)35-51/h1-42H. The van der Waals surface area contributed by atoms with Crippen molar-refractivity contribution in [2.24, 2.45) is 0 Å². The number of hydrogen-bond donors (Lipinski definition) is 0. The molecule has 0 heteroatoms. The zero-order chi connectivity index (χ0) is 42.4. The van der Waals surface area contributed by atoms with Gasteiger partial charge in [-0.1, -0.05) is 206 Å². The zero-order valence-electron chi connectivity index (χ0n) is 35.2. The number of hydrogen-bond acceptors (Lipinski definition) is 0. The van der Waals surface area contributed by atoms with Gasteiger partial charge in [-0.3, -0.25) is 0 Å². The maximum absolute atomic E-state index is 2.45. The summed E-state index contributed by atoms with van der Waals surface area (Å²) >= 11 is 0. The highest BCUT2D eigenvalue weighted by molar-refractivity contribution is 6.22. The van der Waals surface area contributed by atoms with Crippen LogP contribution in [-0.4, -0.2) is 0 Å². The monoisotopic (exact) mass is 810 g/mol. The van der Waals surface area contributed by atoms with Gasteiger partial charge in [0.15, 0.2) is 0 Å². The molecule has 0 atom stereocenters. The van der Waals surface area contributed by atoms with Gasteiger partial charge in [0.25, 0.3) is 0 Å². The molecule has 0 radical (unpaired) electrons. The van der Waals surface area contributed by atoms with Crippen molar-refractivity contribution in [2.45, 2.75) is 0 Å². The molecule has 12 aromatic carbocycles. The van der Waals surface area contributed by atoms with E-state index in [4.69, 9.17) is 0 Å². The molecule has 0 aliphatic carbocycles. The molecule has 0 heterocycles. The van der Waals surface area contributed by atoms with Crippen LogP contribution < -0.4 is 0 Å². The molecule has 0 unspecified atom stereocenters. The van der Waals surface area contributed by atoms with Crippen molar-refractivity contribution in [1.29, 1.82) is 0 Å². The first-order valence-electron chi connectivity index (χ1n) is 22.1. The Balaban J connectivity index is 1.11. The average Bonchev–Trinajstić information content (AvgIpc) is 3.38. The molecule has 12 aromatic rings. The fourth-order valence-corrected chi connectivity index (χ4v) is 9.82. The molecule has 64 heavy (non-hydrogen) atoms. The van der Waals surface area contributed by atoms with Crippen molar-refractivity contribution in [3.05, 3.63) is 255 Å². The minimum atomic E-state index is 1.18. The summed E-state index contributed by atoms with van der Waals surface area (Å²) in [5.41, 5.74) is 16.9. The first-order chi connectivity index (χ1) is 31.7. The molecule has 0 saturated heterocycles. The van der Waals surface area contributed by atoms with E-state index in [0.29, 0.717) is 0 Å². The van der Waals surface area contributed by atoms with Gasteiger partial charge in [0.2, 0.25) is 0 Å². The highest BCUT2D eigenvalue weighted by Crippen LogP contribution is 2.46. The second-order valence-electron chi connectivity index (χ2n) is 16.9. The van der Waals surface area contributed by atoms with Crippen LogP contribution in [-0.2, 0) is 0 Å². The molecule has 0 amide bonds. The molecule has 0 saturated carbocycles. The van der Waals surface area contributed by atoms with Crippen molar-refractivity contribution in [3.63, 3.8) is 0 Å². The van der Waals surface area contributed by atoms with E-state index >= 15 is 0 Å². The van der Waals surface area contributed by atoms with Gasteiger partial charge in [0.05, 0.1) is 0 Å². The summed E-state index contributed by atoms with van der Waals surface area (Å²) in [6.45, 7) is 0. The predicted octanol–water partition coefficient (Wildman–Crippen LogP) is 18.0. The topological polar surface area (TPSA) is 0 Å². The summed E-state index contributed by atoms with van der Waals surface area (Å²) in [5.74, 6) is 0. The van der Waals surface area contributed by atoms with Crippen LogP contribution in [0.25, 0.3) is 121 Å². The van der Waals surface area contributed by atoms with Crippen LogP contribution in [0.2, 0.25) is 0 Å². The third kappa shape index (κ3) is 6.83. The van der Waals surface area contributed by atoms with E-state index in [1.807, 2.05) is 0 Å². The van der Waals surface area contributed by atoms with Gasteiger partial charge in [-0.05, 0) is 170 Å². The summed E-state index contributed by atoms with van der Waals surface area (Å²) < 4.78 is 0. The molecule has 0 aromatic heterocycles. The molecule has 298 valence electrons. The van der Waals surface area contributed by atoms with Crippen molar-refractivity contribution >= 4 is 43.1 Å². The SMILES string of the molecule is c1ccc(-c2cc(-c3ccccc3)cc(-c3ccc4c(-c5cccc(-c6ccc7ccccc7c6)c5)c5ccccc5c(-c5cccc(-c6ccc7ccccc7c6)c5)c4c3)c2)cc1. The highest BCUT2D eigenvalue weighted by Gasteiger charge is 2.19. The lowest BCUT2D eigenvalue weighted by Crippen LogP contribution is -1.93. The maximum atomic E-state index is 2.45. The highest BCUT2D eigenvalue weighted by atomic mass is 14.2. The number of benzene rings is 12. The molecule has 0 bridgehead atoms. The van der Waals surface area contributed by atoms with Crippen LogP contribution in [0.4, 0.5) is 0 Å². The van der Waals surface area contributed by atoms with Gasteiger partial charge in [-0.15, -0.1) is 0 Å². The summed E-state index contributed by atoms with van der Waals surface area (Å²) in [7, 11) is 0. The Hall–Kier alpha value is -8.32. The Labute approximate surface area is 374 Å². The van der Waals surface area contributed by atoms with E-state index in [2.05, 4.69) is 255 Å². The minimum absolute atomic E-state index is 1.18. The van der Waals surface area contributed by atoms with E-state index in [0.717, 1.165) is 0 Å².